The van der Waals surface area contributed by atoms with E-state index in [0.717, 1.165) is 18.2 Å². The van der Waals surface area contributed by atoms with Crippen molar-refractivity contribution < 1.29 is 13.9 Å². The summed E-state index contributed by atoms with van der Waals surface area (Å²) in [5.74, 6) is -0.593. The fourth-order valence-corrected chi connectivity index (χ4v) is 3.74. The van der Waals surface area contributed by atoms with E-state index in [2.05, 4.69) is 6.92 Å². The number of benzene rings is 1. The second-order valence-electron chi connectivity index (χ2n) is 8.22. The van der Waals surface area contributed by atoms with E-state index >= 15 is 0 Å². The SMILES string of the molecule is CCCCCCCCCCCCCCCCOC(=O)c1cc2ccccc2oc1=O. The summed E-state index contributed by atoms with van der Waals surface area (Å²) in [6, 6.07) is 8.70. The van der Waals surface area contributed by atoms with Crippen LogP contribution < -0.4 is 5.63 Å². The van der Waals surface area contributed by atoms with E-state index in [4.69, 9.17) is 9.15 Å². The maximum atomic E-state index is 12.2. The molecule has 2 rings (SSSR count). The Labute approximate surface area is 181 Å². The van der Waals surface area contributed by atoms with Gasteiger partial charge in [0, 0.05) is 5.39 Å². The number of carbonyl (C=O) groups is 1. The van der Waals surface area contributed by atoms with Gasteiger partial charge in [-0.3, -0.25) is 0 Å². The topological polar surface area (TPSA) is 56.5 Å². The smallest absolute Gasteiger partial charge is 0.351 e. The number of para-hydroxylation sites is 1. The first kappa shape index (κ1) is 24.2. The Bertz CT molecular complexity index is 793. The third kappa shape index (κ3) is 9.15. The molecule has 0 aliphatic heterocycles. The van der Waals surface area contributed by atoms with Crippen LogP contribution in [0.2, 0.25) is 0 Å². The molecule has 4 nitrogen and oxygen atoms in total. The molecule has 0 saturated carbocycles. The molecule has 0 unspecified atom stereocenters. The number of esters is 1. The molecule has 0 aliphatic carbocycles. The first-order valence-electron chi connectivity index (χ1n) is 11.9. The van der Waals surface area contributed by atoms with Gasteiger partial charge in [0.2, 0.25) is 0 Å². The highest BCUT2D eigenvalue weighted by Crippen LogP contribution is 2.14. The van der Waals surface area contributed by atoms with Gasteiger partial charge in [-0.1, -0.05) is 109 Å². The number of hydrogen-bond acceptors (Lipinski definition) is 4. The van der Waals surface area contributed by atoms with Crippen LogP contribution in [0.1, 0.15) is 107 Å². The zero-order chi connectivity index (χ0) is 21.4. The van der Waals surface area contributed by atoms with E-state index in [1.165, 1.54) is 77.0 Å². The Hall–Kier alpha value is -2.10. The largest absolute Gasteiger partial charge is 0.462 e. The van der Waals surface area contributed by atoms with Crippen LogP contribution in [-0.2, 0) is 4.74 Å². The van der Waals surface area contributed by atoms with Gasteiger partial charge in [0.05, 0.1) is 6.61 Å². The van der Waals surface area contributed by atoms with Crippen molar-refractivity contribution in [2.75, 3.05) is 6.61 Å². The summed E-state index contributed by atoms with van der Waals surface area (Å²) in [7, 11) is 0. The van der Waals surface area contributed by atoms with Crippen LogP contribution in [0, 0.1) is 0 Å². The Kier molecular flexibility index (Phi) is 11.9. The van der Waals surface area contributed by atoms with Gasteiger partial charge in [-0.15, -0.1) is 0 Å². The Morgan fingerprint density at radius 3 is 1.93 bits per heavy atom. The summed E-state index contributed by atoms with van der Waals surface area (Å²) in [5, 5.41) is 0.723. The molecule has 0 saturated heterocycles. The lowest BCUT2D eigenvalue weighted by Crippen LogP contribution is -2.16. The number of ether oxygens (including phenoxy) is 1. The van der Waals surface area contributed by atoms with Gasteiger partial charge in [0.15, 0.2) is 0 Å². The molecule has 0 amide bonds. The third-order valence-corrected chi connectivity index (χ3v) is 5.59. The average molecular weight is 415 g/mol. The molecular formula is C26H38O4. The van der Waals surface area contributed by atoms with Gasteiger partial charge >= 0.3 is 11.6 Å². The lowest BCUT2D eigenvalue weighted by Gasteiger charge is -2.05. The maximum Gasteiger partial charge on any atom is 0.351 e. The number of unbranched alkanes of at least 4 members (excludes halogenated alkanes) is 13. The van der Waals surface area contributed by atoms with Crippen molar-refractivity contribution in [2.24, 2.45) is 0 Å². The molecule has 1 heterocycles. The fourth-order valence-electron chi connectivity index (χ4n) is 3.74. The van der Waals surface area contributed by atoms with Crippen molar-refractivity contribution in [1.82, 2.24) is 0 Å². The number of fused-ring (bicyclic) bond motifs is 1. The van der Waals surface area contributed by atoms with Crippen molar-refractivity contribution in [3.8, 4) is 0 Å². The van der Waals surface area contributed by atoms with Gasteiger partial charge < -0.3 is 9.15 Å². The second-order valence-corrected chi connectivity index (χ2v) is 8.22. The van der Waals surface area contributed by atoms with Crippen molar-refractivity contribution >= 4 is 16.9 Å². The van der Waals surface area contributed by atoms with Crippen LogP contribution in [0.5, 0.6) is 0 Å². The highest BCUT2D eigenvalue weighted by atomic mass is 16.5. The van der Waals surface area contributed by atoms with E-state index in [0.29, 0.717) is 12.2 Å². The van der Waals surface area contributed by atoms with E-state index in [-0.39, 0.29) is 5.56 Å². The average Bonchev–Trinajstić information content (AvgIpc) is 2.75. The van der Waals surface area contributed by atoms with Crippen LogP contribution in [0.4, 0.5) is 0 Å². The summed E-state index contributed by atoms with van der Waals surface area (Å²) >= 11 is 0. The van der Waals surface area contributed by atoms with Gasteiger partial charge in [0.25, 0.3) is 0 Å². The first-order valence-corrected chi connectivity index (χ1v) is 11.9. The molecule has 0 spiro atoms. The van der Waals surface area contributed by atoms with Crippen LogP contribution in [-0.4, -0.2) is 12.6 Å². The molecule has 1 aromatic carbocycles. The molecule has 166 valence electrons. The predicted octanol–water partition coefficient (Wildman–Crippen LogP) is 7.43. The standard InChI is InChI=1S/C26H38O4/c1-2-3-4-5-6-7-8-9-10-11-12-13-14-17-20-29-25(27)23-21-22-18-15-16-19-24(22)30-26(23)28/h15-16,18-19,21H,2-14,17,20H2,1H3. The summed E-state index contributed by atoms with van der Waals surface area (Å²) in [6.07, 6.45) is 18.0. The molecule has 1 aromatic heterocycles. The summed E-state index contributed by atoms with van der Waals surface area (Å²) in [5.41, 5.74) is -0.190. The maximum absolute atomic E-state index is 12.2. The van der Waals surface area contributed by atoms with Crippen LogP contribution in [0.3, 0.4) is 0 Å². The lowest BCUT2D eigenvalue weighted by molar-refractivity contribution is 0.0493. The Balaban J connectivity index is 1.47. The zero-order valence-electron chi connectivity index (χ0n) is 18.6. The molecule has 0 bridgehead atoms. The minimum absolute atomic E-state index is 0.0286. The van der Waals surface area contributed by atoms with E-state index in [9.17, 15) is 9.59 Å². The first-order chi connectivity index (χ1) is 14.7. The predicted molar refractivity (Wildman–Crippen MR) is 123 cm³/mol. The Morgan fingerprint density at radius 2 is 1.33 bits per heavy atom. The summed E-state index contributed by atoms with van der Waals surface area (Å²) < 4.78 is 10.5. The lowest BCUT2D eigenvalue weighted by atomic mass is 10.0. The monoisotopic (exact) mass is 414 g/mol. The number of carbonyl (C=O) groups excluding carboxylic acids is 1. The second kappa shape index (κ2) is 14.8. The molecule has 0 radical (unpaired) electrons. The van der Waals surface area contributed by atoms with Crippen LogP contribution >= 0.6 is 0 Å². The summed E-state index contributed by atoms with van der Waals surface area (Å²) in [6.45, 7) is 2.61. The van der Waals surface area contributed by atoms with Gasteiger partial charge in [-0.2, -0.15) is 0 Å². The van der Waals surface area contributed by atoms with Gasteiger partial charge in [-0.05, 0) is 18.6 Å². The summed E-state index contributed by atoms with van der Waals surface area (Å²) in [4.78, 5) is 24.1. The molecular weight excluding hydrogens is 376 g/mol. The van der Waals surface area contributed by atoms with Crippen molar-refractivity contribution in [2.45, 2.75) is 96.8 Å². The molecule has 4 heteroatoms. The molecule has 0 fully saturated rings. The van der Waals surface area contributed by atoms with E-state index in [1.54, 1.807) is 18.2 Å². The van der Waals surface area contributed by atoms with Crippen molar-refractivity contribution in [1.29, 1.82) is 0 Å². The van der Waals surface area contributed by atoms with E-state index in [1.807, 2.05) is 12.1 Å². The molecule has 30 heavy (non-hydrogen) atoms. The number of hydrogen-bond donors (Lipinski definition) is 0. The minimum atomic E-state index is -0.639. The molecule has 0 N–H and O–H groups in total. The third-order valence-electron chi connectivity index (χ3n) is 5.59. The molecule has 0 atom stereocenters. The van der Waals surface area contributed by atoms with Crippen LogP contribution in [0.15, 0.2) is 39.5 Å². The number of rotatable bonds is 16. The Morgan fingerprint density at radius 1 is 0.800 bits per heavy atom. The van der Waals surface area contributed by atoms with Gasteiger partial charge in [0.1, 0.15) is 11.1 Å². The molecule has 2 aromatic rings. The van der Waals surface area contributed by atoms with Crippen molar-refractivity contribution in [3.63, 3.8) is 0 Å². The van der Waals surface area contributed by atoms with Gasteiger partial charge in [-0.25, -0.2) is 9.59 Å². The van der Waals surface area contributed by atoms with E-state index < -0.39 is 11.6 Å². The van der Waals surface area contributed by atoms with Crippen LogP contribution in [0.25, 0.3) is 11.0 Å². The normalized spacial score (nSPS) is 11.1. The highest BCUT2D eigenvalue weighted by molar-refractivity contribution is 5.92. The molecule has 0 aliphatic rings. The highest BCUT2D eigenvalue weighted by Gasteiger charge is 2.14. The quantitative estimate of drug-likeness (QED) is 0.163. The zero-order valence-corrected chi connectivity index (χ0v) is 18.6. The van der Waals surface area contributed by atoms with Crippen molar-refractivity contribution in [3.05, 3.63) is 46.3 Å². The minimum Gasteiger partial charge on any atom is -0.462 e. The fraction of sp³-hybridized carbons (Fsp3) is 0.615.